The van der Waals surface area contributed by atoms with E-state index in [4.69, 9.17) is 14.7 Å². The minimum atomic E-state index is -0.378. The topological polar surface area (TPSA) is 84.2 Å². The molecule has 6 nitrogen and oxygen atoms in total. The summed E-state index contributed by atoms with van der Waals surface area (Å²) in [7, 11) is 0. The molecule has 0 bridgehead atoms. The van der Waals surface area contributed by atoms with E-state index < -0.39 is 0 Å². The lowest BCUT2D eigenvalue weighted by molar-refractivity contribution is -0.117. The van der Waals surface area contributed by atoms with Crippen molar-refractivity contribution in [2.24, 2.45) is 0 Å². The first-order valence-electron chi connectivity index (χ1n) is 7.47. The van der Waals surface area contributed by atoms with Gasteiger partial charge in [-0.3, -0.25) is 4.79 Å². The van der Waals surface area contributed by atoms with Crippen LogP contribution < -0.4 is 14.8 Å². The molecule has 0 aliphatic carbocycles. The van der Waals surface area contributed by atoms with Gasteiger partial charge < -0.3 is 14.8 Å². The van der Waals surface area contributed by atoms with Gasteiger partial charge in [0.2, 0.25) is 6.79 Å². The Balaban J connectivity index is 1.81. The van der Waals surface area contributed by atoms with Crippen LogP contribution in [0.25, 0.3) is 16.6 Å². The summed E-state index contributed by atoms with van der Waals surface area (Å²) >= 11 is 1.44. The largest absolute Gasteiger partial charge is 0.454 e. The lowest BCUT2D eigenvalue weighted by Crippen LogP contribution is -2.25. The first kappa shape index (κ1) is 16.0. The number of hydrogen-bond acceptors (Lipinski definition) is 6. The summed E-state index contributed by atoms with van der Waals surface area (Å²) in [5.74, 6) is 1.03. The molecule has 0 fully saturated rings. The molecular weight excluding hydrogens is 326 g/mol. The Morgan fingerprint density at radius 2 is 2.29 bits per heavy atom. The van der Waals surface area contributed by atoms with Crippen molar-refractivity contribution in [3.63, 3.8) is 0 Å². The van der Waals surface area contributed by atoms with Gasteiger partial charge in [0.1, 0.15) is 16.6 Å². The number of amides is 1. The summed E-state index contributed by atoms with van der Waals surface area (Å²) < 4.78 is 10.7. The van der Waals surface area contributed by atoms with Gasteiger partial charge in [0.25, 0.3) is 5.91 Å². The Bertz CT molecular complexity index is 836. The first-order valence-corrected chi connectivity index (χ1v) is 8.34. The summed E-state index contributed by atoms with van der Waals surface area (Å²) in [6.07, 6.45) is 2.31. The molecule has 1 amide bonds. The van der Waals surface area contributed by atoms with Crippen LogP contribution in [0.2, 0.25) is 0 Å². The van der Waals surface area contributed by atoms with Gasteiger partial charge in [-0.25, -0.2) is 4.98 Å². The Morgan fingerprint density at radius 3 is 3.08 bits per heavy atom. The fourth-order valence-electron chi connectivity index (χ4n) is 2.14. The molecule has 0 saturated carbocycles. The van der Waals surface area contributed by atoms with Crippen LogP contribution in [0.1, 0.15) is 19.0 Å². The number of nitriles is 1. The third-order valence-electron chi connectivity index (χ3n) is 3.33. The summed E-state index contributed by atoms with van der Waals surface area (Å²) in [6.45, 7) is 2.72. The molecule has 0 unspecified atom stereocenters. The van der Waals surface area contributed by atoms with Crippen molar-refractivity contribution in [1.29, 1.82) is 5.26 Å². The second-order valence-electron chi connectivity index (χ2n) is 5.07. The molecule has 122 valence electrons. The van der Waals surface area contributed by atoms with Gasteiger partial charge in [0.15, 0.2) is 11.5 Å². The number of aromatic nitrogens is 1. The number of hydrogen-bond donors (Lipinski definition) is 1. The maximum atomic E-state index is 11.9. The van der Waals surface area contributed by atoms with E-state index >= 15 is 0 Å². The fraction of sp³-hybridized carbons (Fsp3) is 0.235. The molecular formula is C17H15N3O3S. The molecule has 1 aromatic carbocycles. The predicted octanol–water partition coefficient (Wildman–Crippen LogP) is 2.97. The van der Waals surface area contributed by atoms with Gasteiger partial charge in [-0.05, 0) is 30.7 Å². The average Bonchev–Trinajstić information content (AvgIpc) is 3.25. The van der Waals surface area contributed by atoms with Gasteiger partial charge in [0.05, 0.1) is 5.69 Å². The van der Waals surface area contributed by atoms with Crippen LogP contribution in [-0.4, -0.2) is 24.2 Å². The molecule has 2 aromatic rings. The van der Waals surface area contributed by atoms with Crippen LogP contribution in [0, 0.1) is 11.3 Å². The Labute approximate surface area is 143 Å². The SMILES string of the molecule is CCCNC(=O)/C(C#N)=C/c1csc(-c2ccc3c(c2)OCO3)n1. The van der Waals surface area contributed by atoms with Crippen molar-refractivity contribution in [2.75, 3.05) is 13.3 Å². The lowest BCUT2D eigenvalue weighted by atomic mass is 10.2. The smallest absolute Gasteiger partial charge is 0.262 e. The Morgan fingerprint density at radius 1 is 1.46 bits per heavy atom. The van der Waals surface area contributed by atoms with E-state index in [1.165, 1.54) is 17.4 Å². The van der Waals surface area contributed by atoms with Crippen LogP contribution in [0.3, 0.4) is 0 Å². The molecule has 0 atom stereocenters. The zero-order valence-corrected chi connectivity index (χ0v) is 13.9. The zero-order valence-electron chi connectivity index (χ0n) is 13.0. The molecule has 3 rings (SSSR count). The minimum Gasteiger partial charge on any atom is -0.454 e. The molecule has 7 heteroatoms. The van der Waals surface area contributed by atoms with Gasteiger partial charge in [-0.2, -0.15) is 5.26 Å². The molecule has 1 N–H and O–H groups in total. The average molecular weight is 341 g/mol. The first-order chi connectivity index (χ1) is 11.7. The van der Waals surface area contributed by atoms with Gasteiger partial charge in [0, 0.05) is 17.5 Å². The van der Waals surface area contributed by atoms with Crippen LogP contribution in [-0.2, 0) is 4.79 Å². The number of fused-ring (bicyclic) bond motifs is 1. The fourth-order valence-corrected chi connectivity index (χ4v) is 2.92. The second-order valence-corrected chi connectivity index (χ2v) is 5.93. The van der Waals surface area contributed by atoms with E-state index in [9.17, 15) is 4.79 Å². The van der Waals surface area contributed by atoms with E-state index in [-0.39, 0.29) is 18.3 Å². The van der Waals surface area contributed by atoms with Crippen molar-refractivity contribution in [3.05, 3.63) is 34.8 Å². The number of nitrogens with one attached hydrogen (secondary N) is 1. The number of thiazole rings is 1. The highest BCUT2D eigenvalue weighted by Crippen LogP contribution is 2.36. The second kappa shape index (κ2) is 7.15. The van der Waals surface area contributed by atoms with Crippen LogP contribution in [0.4, 0.5) is 0 Å². The number of ether oxygens (including phenoxy) is 2. The van der Waals surface area contributed by atoms with Crippen molar-refractivity contribution < 1.29 is 14.3 Å². The number of nitrogens with zero attached hydrogens (tertiary/aromatic N) is 2. The highest BCUT2D eigenvalue weighted by molar-refractivity contribution is 7.13. The summed E-state index contributed by atoms with van der Waals surface area (Å²) in [5.41, 5.74) is 1.53. The summed E-state index contributed by atoms with van der Waals surface area (Å²) in [6, 6.07) is 7.53. The molecule has 0 spiro atoms. The number of carbonyl (C=O) groups excluding carboxylic acids is 1. The molecule has 0 radical (unpaired) electrons. The van der Waals surface area contributed by atoms with E-state index in [0.717, 1.165) is 22.7 Å². The molecule has 1 aliphatic heterocycles. The number of benzene rings is 1. The molecule has 2 heterocycles. The third-order valence-corrected chi connectivity index (χ3v) is 4.24. The highest BCUT2D eigenvalue weighted by Gasteiger charge is 2.15. The lowest BCUT2D eigenvalue weighted by Gasteiger charge is -2.00. The van der Waals surface area contributed by atoms with Gasteiger partial charge >= 0.3 is 0 Å². The van der Waals surface area contributed by atoms with Crippen LogP contribution >= 0.6 is 11.3 Å². The minimum absolute atomic E-state index is 0.0472. The summed E-state index contributed by atoms with van der Waals surface area (Å²) in [4.78, 5) is 16.4. The Kier molecular flexibility index (Phi) is 4.77. The summed E-state index contributed by atoms with van der Waals surface area (Å²) in [5, 5.41) is 14.4. The number of carbonyl (C=O) groups is 1. The van der Waals surface area contributed by atoms with Crippen LogP contribution in [0.5, 0.6) is 11.5 Å². The maximum Gasteiger partial charge on any atom is 0.262 e. The van der Waals surface area contributed by atoms with Crippen LogP contribution in [0.15, 0.2) is 29.2 Å². The Hall–Kier alpha value is -2.85. The highest BCUT2D eigenvalue weighted by atomic mass is 32.1. The normalized spacial score (nSPS) is 12.8. The third kappa shape index (κ3) is 3.39. The molecule has 0 saturated heterocycles. The van der Waals surface area contributed by atoms with E-state index in [1.807, 2.05) is 36.6 Å². The molecule has 1 aliphatic rings. The molecule has 24 heavy (non-hydrogen) atoms. The van der Waals surface area contributed by atoms with E-state index in [1.54, 1.807) is 0 Å². The van der Waals surface area contributed by atoms with E-state index in [0.29, 0.717) is 18.0 Å². The van der Waals surface area contributed by atoms with Crippen molar-refractivity contribution >= 4 is 23.3 Å². The standard InChI is InChI=1S/C17H15N3O3S/c1-2-5-19-16(21)12(8-18)6-13-9-24-17(20-13)11-3-4-14-15(7-11)23-10-22-14/h3-4,6-7,9H,2,5,10H2,1H3,(H,19,21)/b12-6+. The maximum absolute atomic E-state index is 11.9. The molecule has 1 aromatic heterocycles. The van der Waals surface area contributed by atoms with Crippen molar-refractivity contribution in [2.45, 2.75) is 13.3 Å². The van der Waals surface area contributed by atoms with Crippen molar-refractivity contribution in [3.8, 4) is 28.1 Å². The van der Waals surface area contributed by atoms with E-state index in [2.05, 4.69) is 10.3 Å². The quantitative estimate of drug-likeness (QED) is 0.667. The zero-order chi connectivity index (χ0) is 16.9. The monoisotopic (exact) mass is 341 g/mol. The van der Waals surface area contributed by atoms with Gasteiger partial charge in [-0.15, -0.1) is 11.3 Å². The van der Waals surface area contributed by atoms with Crippen molar-refractivity contribution in [1.82, 2.24) is 10.3 Å². The number of rotatable bonds is 5. The predicted molar refractivity (Wildman–Crippen MR) is 90.6 cm³/mol. The van der Waals surface area contributed by atoms with Gasteiger partial charge in [-0.1, -0.05) is 6.92 Å².